The molecule has 0 aliphatic rings. The third-order valence-corrected chi connectivity index (χ3v) is 12.7. The Labute approximate surface area is 474 Å². The summed E-state index contributed by atoms with van der Waals surface area (Å²) in [6, 6.07) is -18.0. The second-order valence-electron chi connectivity index (χ2n) is 18.8. The number of carboxylic acid groups (broad SMARTS) is 1. The average molecular weight is 1190 g/mol. The highest BCUT2D eigenvalue weighted by atomic mass is 32.1. The van der Waals surface area contributed by atoms with Crippen LogP contribution in [0.15, 0.2) is 0 Å². The molecule has 80 heavy (non-hydrogen) atoms. The van der Waals surface area contributed by atoms with Crippen LogP contribution in [-0.4, -0.2) is 236 Å². The first-order valence-corrected chi connectivity index (χ1v) is 27.2. The number of carbonyl (C=O) groups excluding carboxylic acids is 10. The maximum absolute atomic E-state index is 13.8. The van der Waals surface area contributed by atoms with Gasteiger partial charge in [-0.05, 0) is 105 Å². The van der Waals surface area contributed by atoms with Gasteiger partial charge in [-0.1, -0.05) is 0 Å². The van der Waals surface area contributed by atoms with E-state index in [0.29, 0.717) is 25.7 Å². The van der Waals surface area contributed by atoms with Crippen LogP contribution in [0.25, 0.3) is 0 Å². The van der Waals surface area contributed by atoms with Gasteiger partial charge in [0.1, 0.15) is 60.4 Å². The predicted octanol–water partition coefficient (Wildman–Crippen LogP) is -10.00. The van der Waals surface area contributed by atoms with E-state index >= 15 is 0 Å². The number of unbranched alkanes of at least 4 members (excludes halogenated alkanes) is 3. The fourth-order valence-corrected chi connectivity index (χ4v) is 7.60. The molecule has 25 N–H and O–H groups in total. The van der Waals surface area contributed by atoms with Gasteiger partial charge < -0.3 is 112 Å². The number of hydrogen-bond acceptors (Lipinski definition) is 23. The van der Waals surface area contributed by atoms with Crippen LogP contribution in [0.1, 0.15) is 85.5 Å². The molecule has 10 amide bonds. The molecule has 0 aliphatic carbocycles. The maximum atomic E-state index is 13.8. The summed E-state index contributed by atoms with van der Waals surface area (Å²) in [6.45, 7) is 2.90. The van der Waals surface area contributed by atoms with Crippen molar-refractivity contribution in [2.75, 3.05) is 44.4 Å². The van der Waals surface area contributed by atoms with Gasteiger partial charge in [0.15, 0.2) is 0 Å². The molecule has 0 aromatic heterocycles. The zero-order valence-electron chi connectivity index (χ0n) is 45.3. The van der Waals surface area contributed by atoms with E-state index in [9.17, 15) is 88.5 Å². The van der Waals surface area contributed by atoms with E-state index in [-0.39, 0.29) is 57.5 Å². The van der Waals surface area contributed by atoms with Gasteiger partial charge in [0.2, 0.25) is 59.1 Å². The van der Waals surface area contributed by atoms with E-state index in [4.69, 9.17) is 22.9 Å². The summed E-state index contributed by atoms with van der Waals surface area (Å²) >= 11 is 8.07. The molecule has 0 saturated heterocycles. The van der Waals surface area contributed by atoms with Crippen molar-refractivity contribution in [1.82, 2.24) is 53.2 Å². The molecule has 0 saturated carbocycles. The number of aliphatic hydroxyl groups excluding tert-OH is 6. The van der Waals surface area contributed by atoms with Crippen molar-refractivity contribution in [3.05, 3.63) is 0 Å². The fraction of sp³-hybridized carbons (Fsp3) is 0.761. The summed E-state index contributed by atoms with van der Waals surface area (Å²) in [6.07, 6.45) is -4.97. The average Bonchev–Trinajstić information content (AvgIpc) is 3.40. The van der Waals surface area contributed by atoms with E-state index in [1.54, 1.807) is 0 Å². The lowest BCUT2D eigenvalue weighted by atomic mass is 10.0. The molecule has 0 aromatic carbocycles. The molecule has 0 spiro atoms. The third-order valence-electron chi connectivity index (χ3n) is 12.0. The molecule has 0 bridgehead atoms. The number of aliphatic carboxylic acids is 1. The molecule has 32 nitrogen and oxygen atoms in total. The zero-order chi connectivity index (χ0) is 61.4. The molecular weight excluding hydrogens is 1100 g/mol. The number of carbonyl (C=O) groups is 11. The lowest BCUT2D eigenvalue weighted by Crippen LogP contribution is -2.64. The van der Waals surface area contributed by atoms with Crippen LogP contribution in [0.5, 0.6) is 0 Å². The number of amides is 10. The predicted molar refractivity (Wildman–Crippen MR) is 292 cm³/mol. The van der Waals surface area contributed by atoms with Crippen molar-refractivity contribution >= 4 is 90.3 Å². The van der Waals surface area contributed by atoms with Crippen molar-refractivity contribution in [1.29, 1.82) is 0 Å². The van der Waals surface area contributed by atoms with E-state index in [1.807, 2.05) is 0 Å². The number of carboxylic acids is 1. The SMILES string of the molecule is C[C@@H](O)[C@H](NC(=O)[C@H](CS)NC(=O)[C@H](CO)NC(=O)[C@H](CCCCN)NC(=O)[C@@H](NC(=O)[C@@H](NC(=O)[C@H](CCCCN)NC(=O)[C@@H](N)CS)[C@@H](C)O)[C@@H](C)O)C(=O)N[C@H](C(=O)N[C@@H](CCCCN)C(=O)N[C@@H](CO)C(=O)O)[C@@H](C)O. The second kappa shape index (κ2) is 39.8. The zero-order valence-corrected chi connectivity index (χ0v) is 47.1. The van der Waals surface area contributed by atoms with Crippen LogP contribution in [0.2, 0.25) is 0 Å². The second-order valence-corrected chi connectivity index (χ2v) is 19.5. The first-order chi connectivity index (χ1) is 37.6. The Morgan fingerprint density at radius 2 is 0.613 bits per heavy atom. The Kier molecular flexibility index (Phi) is 37.0. The largest absolute Gasteiger partial charge is 0.480 e. The Morgan fingerprint density at radius 3 is 0.900 bits per heavy atom. The number of nitrogens with one attached hydrogen (secondary N) is 10. The van der Waals surface area contributed by atoms with Gasteiger partial charge in [-0.25, -0.2) is 4.79 Å². The Balaban J connectivity index is 6.35. The molecular formula is C46H86N14O18S2. The van der Waals surface area contributed by atoms with Crippen LogP contribution in [0.3, 0.4) is 0 Å². The molecule has 0 rings (SSSR count). The molecule has 0 heterocycles. The number of hydrogen-bond donors (Lipinski definition) is 23. The van der Waals surface area contributed by atoms with Crippen molar-refractivity contribution < 1.29 is 88.5 Å². The van der Waals surface area contributed by atoms with Gasteiger partial charge in [0.25, 0.3) is 0 Å². The minimum absolute atomic E-state index is 0.0561. The quantitative estimate of drug-likeness (QED) is 0.0200. The van der Waals surface area contributed by atoms with Gasteiger partial charge in [0, 0.05) is 11.5 Å². The van der Waals surface area contributed by atoms with Crippen LogP contribution >= 0.6 is 25.3 Å². The van der Waals surface area contributed by atoms with Crippen LogP contribution in [0, 0.1) is 0 Å². The molecule has 0 radical (unpaired) electrons. The molecule has 0 aliphatic heterocycles. The number of rotatable bonds is 41. The molecule has 460 valence electrons. The lowest BCUT2D eigenvalue weighted by Gasteiger charge is -2.29. The minimum atomic E-state index is -1.91. The first kappa shape index (κ1) is 74.5. The summed E-state index contributed by atoms with van der Waals surface area (Å²) < 4.78 is 0. The minimum Gasteiger partial charge on any atom is -0.480 e. The van der Waals surface area contributed by atoms with Gasteiger partial charge in [0.05, 0.1) is 43.7 Å². The topological polar surface area (TPSA) is 554 Å². The summed E-state index contributed by atoms with van der Waals surface area (Å²) in [5, 5.41) is 93.8. The Morgan fingerprint density at radius 1 is 0.362 bits per heavy atom. The monoisotopic (exact) mass is 1190 g/mol. The van der Waals surface area contributed by atoms with Gasteiger partial charge >= 0.3 is 5.97 Å². The van der Waals surface area contributed by atoms with Crippen molar-refractivity contribution in [2.45, 2.75) is 176 Å². The van der Waals surface area contributed by atoms with E-state index in [0.717, 1.165) is 27.7 Å². The van der Waals surface area contributed by atoms with E-state index in [2.05, 4.69) is 78.4 Å². The molecule has 15 atom stereocenters. The first-order valence-electron chi connectivity index (χ1n) is 25.9. The molecule has 0 unspecified atom stereocenters. The molecule has 0 fully saturated rings. The Hall–Kier alpha value is -5.53. The molecule has 0 aromatic rings. The van der Waals surface area contributed by atoms with Crippen LogP contribution < -0.4 is 76.1 Å². The number of aliphatic hydroxyl groups is 6. The highest BCUT2D eigenvalue weighted by molar-refractivity contribution is 7.80. The number of thiol groups is 2. The van der Waals surface area contributed by atoms with Crippen molar-refractivity contribution in [3.63, 3.8) is 0 Å². The van der Waals surface area contributed by atoms with Crippen molar-refractivity contribution in [2.24, 2.45) is 22.9 Å². The lowest BCUT2D eigenvalue weighted by molar-refractivity contribution is -0.143. The summed E-state index contributed by atoms with van der Waals surface area (Å²) in [4.78, 5) is 146. The standard InChI is InChI=1S/C46H86N14O18S2/c1-21(63)32(59-44(75)34(23(3)65)57-39(70)28(13-7-10-16-49)51-36(67)25(50)19-79)42(73)52-26(11-5-8-14-47)37(68)54-29(17-61)40(71)56-31(20-80)41(72)58-35(24(4)66)45(76)60-33(22(2)64)43(74)53-27(12-6-9-15-48)38(69)55-30(18-62)46(77)78/h21-35,61-66,79-80H,5-20,47-50H2,1-4H3,(H,51,67)(H,52,73)(H,53,74)(H,54,68)(H,55,69)(H,56,71)(H,57,70)(H,58,72)(H,59,75)(H,60,76)(H,77,78)/t21-,22-,23-,24-,25+,26+,27+,28+,29+,30+,31+,32+,33+,34+,35+/m1/s1. The normalized spacial score (nSPS) is 16.9. The molecule has 34 heteroatoms. The van der Waals surface area contributed by atoms with E-state index in [1.165, 1.54) is 0 Å². The highest BCUT2D eigenvalue weighted by Crippen LogP contribution is 2.09. The summed E-state index contributed by atoms with van der Waals surface area (Å²) in [5.74, 6) is -13.1. The van der Waals surface area contributed by atoms with Gasteiger partial charge in [-0.15, -0.1) is 0 Å². The number of nitrogens with two attached hydrogens (primary N) is 4. The highest BCUT2D eigenvalue weighted by Gasteiger charge is 2.39. The van der Waals surface area contributed by atoms with Crippen molar-refractivity contribution in [3.8, 4) is 0 Å². The third kappa shape index (κ3) is 26.8. The summed E-state index contributed by atoms with van der Waals surface area (Å²) in [5.41, 5.74) is 22.5. The van der Waals surface area contributed by atoms with E-state index < -0.39 is 175 Å². The smallest absolute Gasteiger partial charge is 0.328 e. The summed E-state index contributed by atoms with van der Waals surface area (Å²) in [7, 11) is 0. The maximum Gasteiger partial charge on any atom is 0.328 e. The van der Waals surface area contributed by atoms with Gasteiger partial charge in [-0.3, -0.25) is 47.9 Å². The fourth-order valence-electron chi connectivity index (χ4n) is 7.17. The van der Waals surface area contributed by atoms with Crippen LogP contribution in [0.4, 0.5) is 0 Å². The Bertz CT molecular complexity index is 2010. The van der Waals surface area contributed by atoms with Gasteiger partial charge in [-0.2, -0.15) is 25.3 Å². The van der Waals surface area contributed by atoms with Crippen LogP contribution in [-0.2, 0) is 52.7 Å².